The minimum atomic E-state index is 0.768. The standard InChI is InChI=1S/C23H27N5/c1-18-8-6-7-9-20(18)17-24-22-16-23(26-19(2)25-22)28-14-12-27(13-15-28)21-10-4-3-5-11-21/h3-11,16H,12-15,17H2,1-2H3,(H,24,25,26). The number of para-hydroxylation sites is 1. The molecule has 0 aliphatic carbocycles. The molecule has 5 nitrogen and oxygen atoms in total. The topological polar surface area (TPSA) is 44.3 Å². The van der Waals surface area contributed by atoms with Gasteiger partial charge in [-0.25, -0.2) is 9.97 Å². The Bertz CT molecular complexity index is 917. The number of hydrogen-bond donors (Lipinski definition) is 1. The van der Waals surface area contributed by atoms with Gasteiger partial charge in [0.05, 0.1) is 0 Å². The molecule has 0 spiro atoms. The van der Waals surface area contributed by atoms with Crippen molar-refractivity contribution in [2.45, 2.75) is 20.4 Å². The quantitative estimate of drug-likeness (QED) is 0.731. The fourth-order valence-electron chi connectivity index (χ4n) is 3.63. The van der Waals surface area contributed by atoms with E-state index >= 15 is 0 Å². The van der Waals surface area contributed by atoms with Crippen LogP contribution in [0.5, 0.6) is 0 Å². The van der Waals surface area contributed by atoms with Crippen molar-refractivity contribution in [3.8, 4) is 0 Å². The van der Waals surface area contributed by atoms with Gasteiger partial charge in [0.15, 0.2) is 0 Å². The lowest BCUT2D eigenvalue weighted by Gasteiger charge is -2.36. The van der Waals surface area contributed by atoms with Gasteiger partial charge in [0.1, 0.15) is 17.5 Å². The molecular formula is C23H27N5. The molecule has 4 rings (SSSR count). The highest BCUT2D eigenvalue weighted by Crippen LogP contribution is 2.21. The maximum absolute atomic E-state index is 4.68. The zero-order chi connectivity index (χ0) is 19.3. The molecule has 1 aliphatic heterocycles. The van der Waals surface area contributed by atoms with Crippen LogP contribution in [-0.4, -0.2) is 36.1 Å². The lowest BCUT2D eigenvalue weighted by Crippen LogP contribution is -2.46. The molecule has 0 amide bonds. The molecule has 1 fully saturated rings. The van der Waals surface area contributed by atoms with E-state index in [1.165, 1.54) is 16.8 Å². The number of aromatic nitrogens is 2. The van der Waals surface area contributed by atoms with E-state index in [1.807, 2.05) is 6.92 Å². The van der Waals surface area contributed by atoms with Crippen molar-refractivity contribution in [3.05, 3.63) is 77.6 Å². The van der Waals surface area contributed by atoms with E-state index in [0.717, 1.165) is 50.2 Å². The zero-order valence-electron chi connectivity index (χ0n) is 16.6. The molecule has 28 heavy (non-hydrogen) atoms. The fourth-order valence-corrected chi connectivity index (χ4v) is 3.63. The smallest absolute Gasteiger partial charge is 0.134 e. The van der Waals surface area contributed by atoms with Gasteiger partial charge in [-0.2, -0.15) is 0 Å². The molecular weight excluding hydrogens is 346 g/mol. The van der Waals surface area contributed by atoms with Gasteiger partial charge in [0.25, 0.3) is 0 Å². The van der Waals surface area contributed by atoms with E-state index in [0.29, 0.717) is 0 Å². The van der Waals surface area contributed by atoms with Crippen molar-refractivity contribution >= 4 is 17.3 Å². The lowest BCUT2D eigenvalue weighted by atomic mass is 10.1. The average molecular weight is 374 g/mol. The molecule has 2 heterocycles. The second kappa shape index (κ2) is 8.30. The van der Waals surface area contributed by atoms with Gasteiger partial charge in [-0.05, 0) is 37.1 Å². The second-order valence-corrected chi connectivity index (χ2v) is 7.25. The summed E-state index contributed by atoms with van der Waals surface area (Å²) in [5.41, 5.74) is 3.87. The van der Waals surface area contributed by atoms with Gasteiger partial charge in [-0.1, -0.05) is 42.5 Å². The number of benzene rings is 2. The third-order valence-corrected chi connectivity index (χ3v) is 5.27. The van der Waals surface area contributed by atoms with Crippen LogP contribution in [0, 0.1) is 13.8 Å². The van der Waals surface area contributed by atoms with E-state index < -0.39 is 0 Å². The Morgan fingerprint density at radius 1 is 0.821 bits per heavy atom. The van der Waals surface area contributed by atoms with E-state index in [9.17, 15) is 0 Å². The van der Waals surface area contributed by atoms with Crippen molar-refractivity contribution in [1.82, 2.24) is 9.97 Å². The largest absolute Gasteiger partial charge is 0.368 e. The highest BCUT2D eigenvalue weighted by atomic mass is 15.3. The molecule has 0 bridgehead atoms. The summed E-state index contributed by atoms with van der Waals surface area (Å²) in [4.78, 5) is 14.0. The second-order valence-electron chi connectivity index (χ2n) is 7.25. The molecule has 3 aromatic rings. The first-order valence-electron chi connectivity index (χ1n) is 9.88. The average Bonchev–Trinajstić information content (AvgIpc) is 2.74. The molecule has 0 unspecified atom stereocenters. The summed E-state index contributed by atoms with van der Waals surface area (Å²) < 4.78 is 0. The Morgan fingerprint density at radius 3 is 2.25 bits per heavy atom. The van der Waals surface area contributed by atoms with Crippen LogP contribution in [0.25, 0.3) is 0 Å². The molecule has 1 N–H and O–H groups in total. The summed E-state index contributed by atoms with van der Waals surface area (Å²) >= 11 is 0. The van der Waals surface area contributed by atoms with Crippen LogP contribution in [0.3, 0.4) is 0 Å². The summed E-state index contributed by atoms with van der Waals surface area (Å²) in [6, 6.07) is 21.1. The molecule has 2 aromatic carbocycles. The number of nitrogens with zero attached hydrogens (tertiary/aromatic N) is 4. The van der Waals surface area contributed by atoms with Crippen molar-refractivity contribution in [1.29, 1.82) is 0 Å². The van der Waals surface area contributed by atoms with E-state index in [2.05, 4.69) is 92.7 Å². The third kappa shape index (κ3) is 4.25. The Labute approximate surface area is 167 Å². The predicted octanol–water partition coefficient (Wildman–Crippen LogP) is 4.03. The summed E-state index contributed by atoms with van der Waals surface area (Å²) in [6.07, 6.45) is 0. The summed E-state index contributed by atoms with van der Waals surface area (Å²) in [7, 11) is 0. The van der Waals surface area contributed by atoms with Crippen molar-refractivity contribution in [3.63, 3.8) is 0 Å². The SMILES string of the molecule is Cc1nc(NCc2ccccc2C)cc(N2CCN(c3ccccc3)CC2)n1. The molecule has 0 atom stereocenters. The van der Waals surface area contributed by atoms with Gasteiger partial charge < -0.3 is 15.1 Å². The summed E-state index contributed by atoms with van der Waals surface area (Å²) in [5, 5.41) is 3.47. The molecule has 1 aromatic heterocycles. The normalized spacial score (nSPS) is 14.2. The van der Waals surface area contributed by atoms with Gasteiger partial charge in [-0.3, -0.25) is 0 Å². The first-order valence-corrected chi connectivity index (χ1v) is 9.88. The van der Waals surface area contributed by atoms with Crippen LogP contribution < -0.4 is 15.1 Å². The van der Waals surface area contributed by atoms with Crippen molar-refractivity contribution in [2.24, 2.45) is 0 Å². The minimum absolute atomic E-state index is 0.768. The molecule has 1 saturated heterocycles. The Kier molecular flexibility index (Phi) is 5.42. The lowest BCUT2D eigenvalue weighted by molar-refractivity contribution is 0.646. The molecule has 144 valence electrons. The molecule has 1 aliphatic rings. The van der Waals surface area contributed by atoms with Gasteiger partial charge in [0.2, 0.25) is 0 Å². The summed E-state index contributed by atoms with van der Waals surface area (Å²) in [5.74, 6) is 2.69. The van der Waals surface area contributed by atoms with Gasteiger partial charge >= 0.3 is 0 Å². The number of nitrogens with one attached hydrogen (secondary N) is 1. The molecule has 0 radical (unpaired) electrons. The van der Waals surface area contributed by atoms with Gasteiger partial charge in [0, 0.05) is 44.5 Å². The Hall–Kier alpha value is -3.08. The van der Waals surface area contributed by atoms with Crippen LogP contribution in [0.4, 0.5) is 17.3 Å². The van der Waals surface area contributed by atoms with Crippen LogP contribution >= 0.6 is 0 Å². The number of piperazine rings is 1. The van der Waals surface area contributed by atoms with Crippen molar-refractivity contribution < 1.29 is 0 Å². The van der Waals surface area contributed by atoms with Crippen LogP contribution in [0.1, 0.15) is 17.0 Å². The third-order valence-electron chi connectivity index (χ3n) is 5.27. The molecule has 5 heteroatoms. The van der Waals surface area contributed by atoms with E-state index in [-0.39, 0.29) is 0 Å². The Balaban J connectivity index is 1.42. The number of hydrogen-bond acceptors (Lipinski definition) is 5. The Morgan fingerprint density at radius 2 is 1.50 bits per heavy atom. The van der Waals surface area contributed by atoms with Crippen LogP contribution in [0.2, 0.25) is 0 Å². The minimum Gasteiger partial charge on any atom is -0.368 e. The molecule has 0 saturated carbocycles. The number of aryl methyl sites for hydroxylation is 2. The number of anilines is 3. The fraction of sp³-hybridized carbons (Fsp3) is 0.304. The first-order chi connectivity index (χ1) is 13.7. The van der Waals surface area contributed by atoms with Crippen LogP contribution in [-0.2, 0) is 6.54 Å². The van der Waals surface area contributed by atoms with E-state index in [4.69, 9.17) is 0 Å². The monoisotopic (exact) mass is 373 g/mol. The highest BCUT2D eigenvalue weighted by molar-refractivity contribution is 5.53. The highest BCUT2D eigenvalue weighted by Gasteiger charge is 2.19. The predicted molar refractivity (Wildman–Crippen MR) is 116 cm³/mol. The van der Waals surface area contributed by atoms with Crippen LogP contribution in [0.15, 0.2) is 60.7 Å². The maximum Gasteiger partial charge on any atom is 0.134 e. The maximum atomic E-state index is 4.68. The first kappa shape index (κ1) is 18.3. The zero-order valence-corrected chi connectivity index (χ0v) is 16.6. The summed E-state index contributed by atoms with van der Waals surface area (Å²) in [6.45, 7) is 8.79. The van der Waals surface area contributed by atoms with Crippen molar-refractivity contribution in [2.75, 3.05) is 41.3 Å². The van der Waals surface area contributed by atoms with E-state index in [1.54, 1.807) is 0 Å². The van der Waals surface area contributed by atoms with Gasteiger partial charge in [-0.15, -0.1) is 0 Å². The number of rotatable bonds is 5.